The molecule has 1 amide bonds. The fourth-order valence-electron chi connectivity index (χ4n) is 2.96. The maximum Gasteiger partial charge on any atom is 0.326 e. The first-order chi connectivity index (χ1) is 9.00. The average Bonchev–Trinajstić information content (AvgIpc) is 3.16. The van der Waals surface area contributed by atoms with E-state index in [4.69, 9.17) is 5.11 Å². The zero-order valence-electron chi connectivity index (χ0n) is 11.4. The Morgan fingerprint density at radius 1 is 1.21 bits per heavy atom. The maximum atomic E-state index is 12.3. The minimum absolute atomic E-state index is 0.00324. The van der Waals surface area contributed by atoms with Crippen molar-refractivity contribution in [3.8, 4) is 0 Å². The summed E-state index contributed by atoms with van der Waals surface area (Å²) >= 11 is 0. The molecule has 5 nitrogen and oxygen atoms in total. The summed E-state index contributed by atoms with van der Waals surface area (Å²) in [7, 11) is 0. The first-order valence-corrected chi connectivity index (χ1v) is 7.22. The van der Waals surface area contributed by atoms with Crippen molar-refractivity contribution in [2.75, 3.05) is 0 Å². The number of aliphatic carboxylic acids is 1. The third kappa shape index (κ3) is 3.47. The van der Waals surface area contributed by atoms with Crippen molar-refractivity contribution in [2.45, 2.75) is 70.1 Å². The molecule has 0 aliphatic heterocycles. The average molecular weight is 269 g/mol. The molecule has 2 fully saturated rings. The lowest BCUT2D eigenvalue weighted by Gasteiger charge is -2.31. The Morgan fingerprint density at radius 3 is 2.37 bits per heavy atom. The van der Waals surface area contributed by atoms with E-state index in [1.165, 1.54) is 4.90 Å². The summed E-state index contributed by atoms with van der Waals surface area (Å²) < 4.78 is 0. The summed E-state index contributed by atoms with van der Waals surface area (Å²) in [6.45, 7) is 1.57. The minimum Gasteiger partial charge on any atom is -0.480 e. The van der Waals surface area contributed by atoms with Gasteiger partial charge in [-0.2, -0.15) is 0 Å². The van der Waals surface area contributed by atoms with E-state index < -0.39 is 18.1 Å². The van der Waals surface area contributed by atoms with Crippen LogP contribution in [-0.4, -0.2) is 45.2 Å². The van der Waals surface area contributed by atoms with Crippen LogP contribution in [0, 0.1) is 5.92 Å². The number of aliphatic hydroxyl groups excluding tert-OH is 1. The number of amides is 1. The molecule has 2 aliphatic carbocycles. The van der Waals surface area contributed by atoms with Crippen LogP contribution >= 0.6 is 0 Å². The number of rotatable bonds is 5. The van der Waals surface area contributed by atoms with Crippen molar-refractivity contribution >= 4 is 11.9 Å². The molecule has 1 unspecified atom stereocenters. The Morgan fingerprint density at radius 2 is 1.84 bits per heavy atom. The zero-order chi connectivity index (χ0) is 14.0. The van der Waals surface area contributed by atoms with Gasteiger partial charge in [0.25, 0.3) is 0 Å². The second kappa shape index (κ2) is 5.90. The van der Waals surface area contributed by atoms with Gasteiger partial charge in [-0.15, -0.1) is 0 Å². The quantitative estimate of drug-likeness (QED) is 0.790. The van der Waals surface area contributed by atoms with E-state index in [-0.39, 0.29) is 24.3 Å². The van der Waals surface area contributed by atoms with Gasteiger partial charge in [-0.05, 0) is 38.5 Å². The Kier molecular flexibility index (Phi) is 4.45. The standard InChI is InChI=1S/C14H23NO4/c1-9(14(18)19)15(11-6-7-11)13(17)8-10-4-2-3-5-12(10)16/h9-12,16H,2-8H2,1H3,(H,18,19)/t9?,10-,12+/m0/s1. The van der Waals surface area contributed by atoms with E-state index >= 15 is 0 Å². The highest BCUT2D eigenvalue weighted by atomic mass is 16.4. The third-order valence-electron chi connectivity index (χ3n) is 4.31. The highest BCUT2D eigenvalue weighted by Gasteiger charge is 2.39. The predicted octanol–water partition coefficient (Wildman–Crippen LogP) is 1.39. The molecule has 0 heterocycles. The van der Waals surface area contributed by atoms with E-state index in [0.29, 0.717) is 0 Å². The number of nitrogens with zero attached hydrogens (tertiary/aromatic N) is 1. The number of hydrogen-bond donors (Lipinski definition) is 2. The molecule has 0 radical (unpaired) electrons. The van der Waals surface area contributed by atoms with Gasteiger partial charge in [0.05, 0.1) is 6.10 Å². The summed E-state index contributed by atoms with van der Waals surface area (Å²) in [5.41, 5.74) is 0. The van der Waals surface area contributed by atoms with Gasteiger partial charge in [-0.25, -0.2) is 4.79 Å². The summed E-state index contributed by atoms with van der Waals surface area (Å²) in [4.78, 5) is 24.9. The molecule has 5 heteroatoms. The summed E-state index contributed by atoms with van der Waals surface area (Å²) in [5.74, 6) is -1.06. The molecule has 0 saturated heterocycles. The Bertz CT molecular complexity index is 353. The number of carbonyl (C=O) groups excluding carboxylic acids is 1. The third-order valence-corrected chi connectivity index (χ3v) is 4.31. The van der Waals surface area contributed by atoms with Crippen molar-refractivity contribution < 1.29 is 19.8 Å². The second-order valence-corrected chi connectivity index (χ2v) is 5.86. The molecule has 19 heavy (non-hydrogen) atoms. The van der Waals surface area contributed by atoms with Gasteiger partial charge in [0, 0.05) is 12.5 Å². The molecule has 2 rings (SSSR count). The van der Waals surface area contributed by atoms with Gasteiger partial charge in [0.2, 0.25) is 5.91 Å². The second-order valence-electron chi connectivity index (χ2n) is 5.86. The van der Waals surface area contributed by atoms with E-state index in [0.717, 1.165) is 38.5 Å². The van der Waals surface area contributed by atoms with E-state index in [1.54, 1.807) is 6.92 Å². The van der Waals surface area contributed by atoms with Crippen LogP contribution in [0.25, 0.3) is 0 Å². The Balaban J connectivity index is 1.97. The summed E-state index contributed by atoms with van der Waals surface area (Å²) in [6, 6.07) is -0.667. The highest BCUT2D eigenvalue weighted by Crippen LogP contribution is 2.32. The van der Waals surface area contributed by atoms with E-state index in [2.05, 4.69) is 0 Å². The fourth-order valence-corrected chi connectivity index (χ4v) is 2.96. The van der Waals surface area contributed by atoms with Crippen LogP contribution in [0.3, 0.4) is 0 Å². The molecule has 0 aromatic heterocycles. The SMILES string of the molecule is CC(C(=O)O)N(C(=O)C[C@@H]1CCCC[C@H]1O)C1CC1. The van der Waals surface area contributed by atoms with Gasteiger partial charge in [0.1, 0.15) is 6.04 Å². The minimum atomic E-state index is -0.954. The van der Waals surface area contributed by atoms with Gasteiger partial charge in [0.15, 0.2) is 0 Å². The number of hydrogen-bond acceptors (Lipinski definition) is 3. The zero-order valence-corrected chi connectivity index (χ0v) is 11.4. The number of carboxylic acids is 1. The monoisotopic (exact) mass is 269 g/mol. The van der Waals surface area contributed by atoms with Crippen LogP contribution in [0.15, 0.2) is 0 Å². The first-order valence-electron chi connectivity index (χ1n) is 7.22. The number of carboxylic acid groups (broad SMARTS) is 1. The first kappa shape index (κ1) is 14.3. The number of carbonyl (C=O) groups is 2. The molecule has 3 atom stereocenters. The topological polar surface area (TPSA) is 77.8 Å². The van der Waals surface area contributed by atoms with Crippen LogP contribution in [0.5, 0.6) is 0 Å². The van der Waals surface area contributed by atoms with Crippen molar-refractivity contribution in [2.24, 2.45) is 5.92 Å². The molecule has 2 aliphatic rings. The molecule has 108 valence electrons. The molecule has 2 N–H and O–H groups in total. The summed E-state index contributed by atoms with van der Waals surface area (Å²) in [6.07, 6.45) is 5.38. The lowest BCUT2D eigenvalue weighted by molar-refractivity contribution is -0.151. The molecule has 0 aromatic carbocycles. The largest absolute Gasteiger partial charge is 0.480 e. The molecule has 0 spiro atoms. The Labute approximate surface area is 113 Å². The Hall–Kier alpha value is -1.10. The van der Waals surface area contributed by atoms with Gasteiger partial charge >= 0.3 is 5.97 Å². The van der Waals surface area contributed by atoms with Gasteiger partial charge in [-0.3, -0.25) is 4.79 Å². The lowest BCUT2D eigenvalue weighted by Crippen LogP contribution is -2.46. The highest BCUT2D eigenvalue weighted by molar-refractivity contribution is 5.84. The predicted molar refractivity (Wildman–Crippen MR) is 69.5 cm³/mol. The van der Waals surface area contributed by atoms with Gasteiger partial charge < -0.3 is 15.1 Å². The molecule has 0 bridgehead atoms. The van der Waals surface area contributed by atoms with E-state index in [9.17, 15) is 14.7 Å². The molecular weight excluding hydrogens is 246 g/mol. The summed E-state index contributed by atoms with van der Waals surface area (Å²) in [5, 5.41) is 19.0. The van der Waals surface area contributed by atoms with Crippen molar-refractivity contribution in [1.82, 2.24) is 4.90 Å². The number of aliphatic hydroxyl groups is 1. The van der Waals surface area contributed by atoms with E-state index in [1.807, 2.05) is 0 Å². The molecule has 0 aromatic rings. The molecule has 2 saturated carbocycles. The van der Waals surface area contributed by atoms with Gasteiger partial charge in [-0.1, -0.05) is 12.8 Å². The normalized spacial score (nSPS) is 28.7. The van der Waals surface area contributed by atoms with Crippen LogP contribution in [0.4, 0.5) is 0 Å². The smallest absolute Gasteiger partial charge is 0.326 e. The van der Waals surface area contributed by atoms with Crippen molar-refractivity contribution in [3.63, 3.8) is 0 Å². The van der Waals surface area contributed by atoms with Crippen molar-refractivity contribution in [3.05, 3.63) is 0 Å². The fraction of sp³-hybridized carbons (Fsp3) is 0.857. The lowest BCUT2D eigenvalue weighted by atomic mass is 9.84. The van der Waals surface area contributed by atoms with Crippen LogP contribution in [-0.2, 0) is 9.59 Å². The van der Waals surface area contributed by atoms with Crippen molar-refractivity contribution in [1.29, 1.82) is 0 Å². The maximum absolute atomic E-state index is 12.3. The van der Waals surface area contributed by atoms with Crippen LogP contribution in [0.2, 0.25) is 0 Å². The van der Waals surface area contributed by atoms with Crippen LogP contribution < -0.4 is 0 Å². The van der Waals surface area contributed by atoms with Crippen LogP contribution in [0.1, 0.15) is 51.9 Å². The molecular formula is C14H23NO4.